The Hall–Kier alpha value is -3.62. The standard InChI is InChI=1S/C21H22N6O3/c1-29-15-5-6-16(30-2)18-13(15)10-14(24-18)21(28)27-9-3-4-12(11-27)17-19-20(26-25-17)23-8-7-22-19/h5-8,10,12,24H,3-4,9,11H2,1-2H3,(H,23,25,26). The van der Waals surface area contributed by atoms with Crippen LogP contribution in [0, 0.1) is 0 Å². The van der Waals surface area contributed by atoms with Crippen LogP contribution in [-0.4, -0.2) is 63.3 Å². The van der Waals surface area contributed by atoms with Gasteiger partial charge in [-0.15, -0.1) is 0 Å². The minimum atomic E-state index is -0.0464. The summed E-state index contributed by atoms with van der Waals surface area (Å²) in [4.78, 5) is 27.1. The Morgan fingerprint density at radius 3 is 2.80 bits per heavy atom. The highest BCUT2D eigenvalue weighted by Crippen LogP contribution is 2.34. The van der Waals surface area contributed by atoms with Crippen LogP contribution in [0.3, 0.4) is 0 Å². The molecule has 30 heavy (non-hydrogen) atoms. The fourth-order valence-electron chi connectivity index (χ4n) is 4.25. The quantitative estimate of drug-likeness (QED) is 0.539. The maximum atomic E-state index is 13.3. The van der Waals surface area contributed by atoms with Crippen LogP contribution in [0.25, 0.3) is 22.1 Å². The highest BCUT2D eigenvalue weighted by molar-refractivity contribution is 6.01. The van der Waals surface area contributed by atoms with Gasteiger partial charge in [-0.1, -0.05) is 0 Å². The number of H-pyrrole nitrogens is 2. The van der Waals surface area contributed by atoms with Crippen LogP contribution in [0.15, 0.2) is 30.6 Å². The smallest absolute Gasteiger partial charge is 0.270 e. The number of hydrogen-bond acceptors (Lipinski definition) is 6. The lowest BCUT2D eigenvalue weighted by atomic mass is 9.94. The van der Waals surface area contributed by atoms with E-state index in [-0.39, 0.29) is 11.8 Å². The van der Waals surface area contributed by atoms with Crippen LogP contribution < -0.4 is 9.47 Å². The lowest BCUT2D eigenvalue weighted by molar-refractivity contribution is 0.0701. The molecule has 0 saturated carbocycles. The Bertz CT molecular complexity index is 1190. The first-order valence-corrected chi connectivity index (χ1v) is 9.87. The van der Waals surface area contributed by atoms with Crippen LogP contribution in [0.1, 0.15) is 34.9 Å². The lowest BCUT2D eigenvalue weighted by Gasteiger charge is -2.32. The second-order valence-corrected chi connectivity index (χ2v) is 7.40. The van der Waals surface area contributed by atoms with Gasteiger partial charge in [-0.3, -0.25) is 9.89 Å². The van der Waals surface area contributed by atoms with Crippen molar-refractivity contribution in [1.29, 1.82) is 0 Å². The summed E-state index contributed by atoms with van der Waals surface area (Å²) in [7, 11) is 3.22. The van der Waals surface area contributed by atoms with E-state index in [1.54, 1.807) is 26.6 Å². The summed E-state index contributed by atoms with van der Waals surface area (Å²) in [5.74, 6) is 1.46. The van der Waals surface area contributed by atoms with E-state index in [4.69, 9.17) is 9.47 Å². The van der Waals surface area contributed by atoms with Crippen molar-refractivity contribution in [3.63, 3.8) is 0 Å². The number of amides is 1. The summed E-state index contributed by atoms with van der Waals surface area (Å²) >= 11 is 0. The molecule has 1 unspecified atom stereocenters. The van der Waals surface area contributed by atoms with Crippen LogP contribution >= 0.6 is 0 Å². The molecule has 9 nitrogen and oxygen atoms in total. The zero-order valence-corrected chi connectivity index (χ0v) is 16.8. The van der Waals surface area contributed by atoms with Crippen molar-refractivity contribution in [2.75, 3.05) is 27.3 Å². The first-order valence-electron chi connectivity index (χ1n) is 9.87. The first-order chi connectivity index (χ1) is 14.7. The van der Waals surface area contributed by atoms with Gasteiger partial charge in [0.1, 0.15) is 22.7 Å². The zero-order valence-electron chi connectivity index (χ0n) is 16.8. The molecule has 1 aliphatic rings. The number of aromatic nitrogens is 5. The van der Waals surface area contributed by atoms with Gasteiger partial charge < -0.3 is 19.4 Å². The predicted molar refractivity (Wildman–Crippen MR) is 111 cm³/mol. The number of fused-ring (bicyclic) bond motifs is 2. The van der Waals surface area contributed by atoms with Crippen molar-refractivity contribution >= 4 is 28.0 Å². The molecule has 4 aromatic rings. The Kier molecular flexibility index (Phi) is 4.50. The fraction of sp³-hybridized carbons (Fsp3) is 0.333. The van der Waals surface area contributed by atoms with Gasteiger partial charge in [0.05, 0.1) is 25.4 Å². The number of methoxy groups -OCH3 is 2. The summed E-state index contributed by atoms with van der Waals surface area (Å²) < 4.78 is 10.9. The fourth-order valence-corrected chi connectivity index (χ4v) is 4.25. The second kappa shape index (κ2) is 7.33. The Labute approximate surface area is 172 Å². The maximum Gasteiger partial charge on any atom is 0.270 e. The summed E-state index contributed by atoms with van der Waals surface area (Å²) in [6.07, 6.45) is 5.16. The van der Waals surface area contributed by atoms with Crippen LogP contribution in [-0.2, 0) is 0 Å². The summed E-state index contributed by atoms with van der Waals surface area (Å²) in [5, 5.41) is 8.16. The molecular weight excluding hydrogens is 384 g/mol. The molecule has 3 aromatic heterocycles. The number of carbonyl (C=O) groups is 1. The van der Waals surface area contributed by atoms with Gasteiger partial charge in [-0.2, -0.15) is 5.10 Å². The Morgan fingerprint density at radius 2 is 1.97 bits per heavy atom. The predicted octanol–water partition coefficient (Wildman–Crippen LogP) is 2.87. The minimum Gasteiger partial charge on any atom is -0.496 e. The third-order valence-corrected chi connectivity index (χ3v) is 5.72. The van der Waals surface area contributed by atoms with Gasteiger partial charge in [-0.25, -0.2) is 9.97 Å². The molecule has 154 valence electrons. The van der Waals surface area contributed by atoms with Crippen molar-refractivity contribution in [2.45, 2.75) is 18.8 Å². The van der Waals surface area contributed by atoms with E-state index in [1.807, 2.05) is 23.1 Å². The topological polar surface area (TPSA) is 109 Å². The molecule has 0 radical (unpaired) electrons. The van der Waals surface area contributed by atoms with E-state index in [2.05, 4.69) is 25.1 Å². The van der Waals surface area contributed by atoms with E-state index >= 15 is 0 Å². The molecular formula is C21H22N6O3. The third kappa shape index (κ3) is 2.94. The molecule has 5 rings (SSSR count). The molecule has 1 aliphatic heterocycles. The molecule has 0 spiro atoms. The van der Waals surface area contributed by atoms with Crippen molar-refractivity contribution in [3.05, 3.63) is 42.0 Å². The molecule has 0 bridgehead atoms. The molecule has 2 N–H and O–H groups in total. The largest absolute Gasteiger partial charge is 0.496 e. The molecule has 1 atom stereocenters. The Morgan fingerprint density at radius 1 is 1.17 bits per heavy atom. The van der Waals surface area contributed by atoms with E-state index in [0.29, 0.717) is 35.9 Å². The van der Waals surface area contributed by atoms with Gasteiger partial charge >= 0.3 is 0 Å². The SMILES string of the molecule is COc1ccc(OC)c2[nH]c(C(=O)N3CCCC(c4[nH]nc5nccnc45)C3)cc12. The summed E-state index contributed by atoms with van der Waals surface area (Å²) in [6, 6.07) is 5.50. The third-order valence-electron chi connectivity index (χ3n) is 5.72. The first kappa shape index (κ1) is 18.4. The lowest BCUT2D eigenvalue weighted by Crippen LogP contribution is -2.39. The highest BCUT2D eigenvalue weighted by atomic mass is 16.5. The van der Waals surface area contributed by atoms with Gasteiger partial charge in [0, 0.05) is 36.8 Å². The van der Waals surface area contributed by atoms with E-state index < -0.39 is 0 Å². The highest BCUT2D eigenvalue weighted by Gasteiger charge is 2.29. The Balaban J connectivity index is 1.45. The van der Waals surface area contributed by atoms with Gasteiger partial charge in [0.25, 0.3) is 5.91 Å². The number of nitrogens with zero attached hydrogens (tertiary/aromatic N) is 4. The maximum absolute atomic E-state index is 13.3. The number of hydrogen-bond donors (Lipinski definition) is 2. The zero-order chi connectivity index (χ0) is 20.7. The average Bonchev–Trinajstić information content (AvgIpc) is 3.43. The summed E-state index contributed by atoms with van der Waals surface area (Å²) in [5.41, 5.74) is 3.59. The van der Waals surface area contributed by atoms with Crippen molar-refractivity contribution in [3.8, 4) is 11.5 Å². The van der Waals surface area contributed by atoms with Crippen molar-refractivity contribution < 1.29 is 14.3 Å². The molecule has 1 aromatic carbocycles. The van der Waals surface area contributed by atoms with Crippen LogP contribution in [0.5, 0.6) is 11.5 Å². The number of ether oxygens (including phenoxy) is 2. The van der Waals surface area contributed by atoms with Crippen molar-refractivity contribution in [2.24, 2.45) is 0 Å². The number of likely N-dealkylation sites (tertiary alicyclic amines) is 1. The monoisotopic (exact) mass is 406 g/mol. The van der Waals surface area contributed by atoms with Crippen LogP contribution in [0.4, 0.5) is 0 Å². The summed E-state index contributed by atoms with van der Waals surface area (Å²) in [6.45, 7) is 1.30. The number of carbonyl (C=O) groups excluding carboxylic acids is 1. The number of benzene rings is 1. The molecule has 9 heteroatoms. The number of nitrogens with one attached hydrogen (secondary N) is 2. The molecule has 0 aliphatic carbocycles. The van der Waals surface area contributed by atoms with Crippen LogP contribution in [0.2, 0.25) is 0 Å². The number of aromatic amines is 2. The van der Waals surface area contributed by atoms with E-state index in [9.17, 15) is 4.79 Å². The minimum absolute atomic E-state index is 0.0464. The molecule has 1 fully saturated rings. The van der Waals surface area contributed by atoms with E-state index in [0.717, 1.165) is 35.0 Å². The average molecular weight is 406 g/mol. The second-order valence-electron chi connectivity index (χ2n) is 7.40. The number of rotatable bonds is 4. The van der Waals surface area contributed by atoms with Gasteiger partial charge in [0.15, 0.2) is 5.65 Å². The van der Waals surface area contributed by atoms with Gasteiger partial charge in [0.2, 0.25) is 0 Å². The van der Waals surface area contributed by atoms with Gasteiger partial charge in [-0.05, 0) is 31.0 Å². The molecule has 4 heterocycles. The van der Waals surface area contributed by atoms with Crippen molar-refractivity contribution in [1.82, 2.24) is 30.0 Å². The number of piperidine rings is 1. The normalized spacial score (nSPS) is 16.9. The van der Waals surface area contributed by atoms with E-state index in [1.165, 1.54) is 0 Å². The molecule has 1 saturated heterocycles. The molecule has 1 amide bonds.